The van der Waals surface area contributed by atoms with Crippen LogP contribution in [0.15, 0.2) is 18.3 Å². The maximum atomic E-state index is 11.2. The van der Waals surface area contributed by atoms with E-state index in [0.29, 0.717) is 11.6 Å². The first-order chi connectivity index (χ1) is 7.73. The van der Waals surface area contributed by atoms with E-state index >= 15 is 0 Å². The van der Waals surface area contributed by atoms with Gasteiger partial charge in [-0.1, -0.05) is 20.8 Å². The molecule has 1 unspecified atom stereocenters. The molecule has 0 spiro atoms. The molecular formula is C14H22N2O. The van der Waals surface area contributed by atoms with Crippen LogP contribution in [0.5, 0.6) is 0 Å². The Kier molecular flexibility index (Phi) is 3.91. The molecule has 1 heterocycles. The highest BCUT2D eigenvalue weighted by atomic mass is 16.1. The number of nitrogens with zero attached hydrogens (tertiary/aromatic N) is 2. The van der Waals surface area contributed by atoms with Crippen molar-refractivity contribution < 1.29 is 4.79 Å². The molecule has 3 nitrogen and oxygen atoms in total. The zero-order chi connectivity index (χ0) is 13.2. The van der Waals surface area contributed by atoms with Crippen molar-refractivity contribution in [3.05, 3.63) is 23.9 Å². The summed E-state index contributed by atoms with van der Waals surface area (Å²) in [6.07, 6.45) is 1.64. The number of rotatable bonds is 3. The minimum absolute atomic E-state index is 0.0515. The zero-order valence-corrected chi connectivity index (χ0v) is 11.6. The Morgan fingerprint density at radius 1 is 1.35 bits per heavy atom. The van der Waals surface area contributed by atoms with Gasteiger partial charge in [-0.05, 0) is 31.4 Å². The first-order valence-corrected chi connectivity index (χ1v) is 5.93. The van der Waals surface area contributed by atoms with Crippen LogP contribution in [0.25, 0.3) is 0 Å². The normalized spacial score (nSPS) is 13.3. The smallest absolute Gasteiger partial charge is 0.161 e. The van der Waals surface area contributed by atoms with Gasteiger partial charge in [0.25, 0.3) is 0 Å². The topological polar surface area (TPSA) is 33.2 Å². The molecule has 0 aliphatic rings. The van der Waals surface area contributed by atoms with Crippen LogP contribution in [0.4, 0.5) is 5.82 Å². The molecule has 1 aromatic rings. The van der Waals surface area contributed by atoms with Crippen LogP contribution < -0.4 is 4.90 Å². The Morgan fingerprint density at radius 3 is 2.29 bits per heavy atom. The summed E-state index contributed by atoms with van der Waals surface area (Å²) in [5.74, 6) is 0.952. The van der Waals surface area contributed by atoms with E-state index in [-0.39, 0.29) is 11.2 Å². The van der Waals surface area contributed by atoms with E-state index in [1.54, 1.807) is 13.1 Å². The van der Waals surface area contributed by atoms with Crippen molar-refractivity contribution in [2.45, 2.75) is 40.7 Å². The predicted molar refractivity (Wildman–Crippen MR) is 71.6 cm³/mol. The second-order valence-electron chi connectivity index (χ2n) is 5.61. The number of ketones is 1. The van der Waals surface area contributed by atoms with E-state index in [4.69, 9.17) is 0 Å². The van der Waals surface area contributed by atoms with E-state index in [2.05, 4.69) is 37.6 Å². The number of hydrogen-bond acceptors (Lipinski definition) is 3. The lowest BCUT2D eigenvalue weighted by atomic mass is 9.87. The van der Waals surface area contributed by atoms with Crippen LogP contribution in [0, 0.1) is 5.41 Å². The highest BCUT2D eigenvalue weighted by Crippen LogP contribution is 2.26. The molecule has 94 valence electrons. The van der Waals surface area contributed by atoms with Crippen LogP contribution in [-0.4, -0.2) is 23.9 Å². The monoisotopic (exact) mass is 234 g/mol. The van der Waals surface area contributed by atoms with Gasteiger partial charge in [0, 0.05) is 24.8 Å². The molecule has 0 aliphatic heterocycles. The molecule has 0 saturated heterocycles. The van der Waals surface area contributed by atoms with Gasteiger partial charge >= 0.3 is 0 Å². The molecule has 0 fully saturated rings. The Labute approximate surface area is 104 Å². The van der Waals surface area contributed by atoms with Crippen molar-refractivity contribution in [3.8, 4) is 0 Å². The van der Waals surface area contributed by atoms with Gasteiger partial charge in [0.2, 0.25) is 0 Å². The summed E-state index contributed by atoms with van der Waals surface area (Å²) < 4.78 is 0. The maximum absolute atomic E-state index is 11.2. The fraction of sp³-hybridized carbons (Fsp3) is 0.571. The van der Waals surface area contributed by atoms with Crippen molar-refractivity contribution in [2.75, 3.05) is 11.9 Å². The van der Waals surface area contributed by atoms with Gasteiger partial charge in [-0.3, -0.25) is 4.79 Å². The minimum Gasteiger partial charge on any atom is -0.356 e. The summed E-state index contributed by atoms with van der Waals surface area (Å²) in [6.45, 7) is 10.4. The molecule has 1 atom stereocenters. The van der Waals surface area contributed by atoms with Crippen molar-refractivity contribution in [1.82, 2.24) is 4.98 Å². The third-order valence-corrected chi connectivity index (χ3v) is 3.35. The molecule has 0 amide bonds. The SMILES string of the molecule is CC(=O)c1ccc(N(C)C(C)C(C)(C)C)nc1. The standard InChI is InChI=1S/C14H22N2O/c1-10(17)12-7-8-13(15-9-12)16(6)11(2)14(3,4)5/h7-9,11H,1-6H3. The highest BCUT2D eigenvalue weighted by molar-refractivity contribution is 5.93. The summed E-state index contributed by atoms with van der Waals surface area (Å²) in [4.78, 5) is 17.6. The number of Topliss-reactive ketones (excluding diaryl/α,β-unsaturated/α-hetero) is 1. The van der Waals surface area contributed by atoms with E-state index in [1.807, 2.05) is 19.2 Å². The molecule has 0 bridgehead atoms. The van der Waals surface area contributed by atoms with Gasteiger partial charge in [0.15, 0.2) is 5.78 Å². The number of aromatic nitrogens is 1. The molecular weight excluding hydrogens is 212 g/mol. The number of pyridine rings is 1. The first-order valence-electron chi connectivity index (χ1n) is 5.93. The summed E-state index contributed by atoms with van der Waals surface area (Å²) >= 11 is 0. The summed E-state index contributed by atoms with van der Waals surface area (Å²) in [6, 6.07) is 4.10. The quantitative estimate of drug-likeness (QED) is 0.753. The summed E-state index contributed by atoms with van der Waals surface area (Å²) in [7, 11) is 2.03. The lowest BCUT2D eigenvalue weighted by Crippen LogP contribution is -2.39. The predicted octanol–water partition coefficient (Wildman–Crippen LogP) is 3.16. The van der Waals surface area contributed by atoms with Crippen molar-refractivity contribution in [2.24, 2.45) is 5.41 Å². The van der Waals surface area contributed by atoms with Crippen molar-refractivity contribution in [3.63, 3.8) is 0 Å². The lowest BCUT2D eigenvalue weighted by molar-refractivity contribution is 0.101. The van der Waals surface area contributed by atoms with E-state index in [9.17, 15) is 4.79 Å². The van der Waals surface area contributed by atoms with Crippen molar-refractivity contribution >= 4 is 11.6 Å². The number of hydrogen-bond donors (Lipinski definition) is 0. The Hall–Kier alpha value is -1.38. The maximum Gasteiger partial charge on any atom is 0.161 e. The van der Waals surface area contributed by atoms with Crippen molar-refractivity contribution in [1.29, 1.82) is 0 Å². The van der Waals surface area contributed by atoms with Crippen LogP contribution >= 0.6 is 0 Å². The van der Waals surface area contributed by atoms with Gasteiger partial charge < -0.3 is 4.90 Å². The molecule has 0 aromatic carbocycles. The van der Waals surface area contributed by atoms with E-state index in [1.165, 1.54) is 0 Å². The van der Waals surface area contributed by atoms with Gasteiger partial charge in [0.1, 0.15) is 5.82 Å². The Bertz CT molecular complexity index is 390. The molecule has 0 aliphatic carbocycles. The minimum atomic E-state index is 0.0515. The molecule has 3 heteroatoms. The average Bonchev–Trinajstić information content (AvgIpc) is 2.26. The number of anilines is 1. The van der Waals surface area contributed by atoms with Crippen LogP contribution in [-0.2, 0) is 0 Å². The molecule has 17 heavy (non-hydrogen) atoms. The molecule has 1 aromatic heterocycles. The largest absolute Gasteiger partial charge is 0.356 e. The van der Waals surface area contributed by atoms with E-state index < -0.39 is 0 Å². The first kappa shape index (κ1) is 13.7. The molecule has 1 rings (SSSR count). The third kappa shape index (κ3) is 3.29. The average molecular weight is 234 g/mol. The van der Waals surface area contributed by atoms with Crippen LogP contribution in [0.2, 0.25) is 0 Å². The second kappa shape index (κ2) is 4.86. The second-order valence-corrected chi connectivity index (χ2v) is 5.61. The van der Waals surface area contributed by atoms with Crippen LogP contribution in [0.3, 0.4) is 0 Å². The molecule has 0 N–H and O–H groups in total. The highest BCUT2D eigenvalue weighted by Gasteiger charge is 2.24. The van der Waals surface area contributed by atoms with Crippen LogP contribution in [0.1, 0.15) is 45.0 Å². The van der Waals surface area contributed by atoms with Gasteiger partial charge in [-0.15, -0.1) is 0 Å². The number of carbonyl (C=O) groups excluding carboxylic acids is 1. The molecule has 0 saturated carbocycles. The fourth-order valence-electron chi connectivity index (χ4n) is 1.58. The summed E-state index contributed by atoms with van der Waals surface area (Å²) in [5.41, 5.74) is 0.848. The number of carbonyl (C=O) groups is 1. The van der Waals surface area contributed by atoms with Gasteiger partial charge in [0.05, 0.1) is 0 Å². The molecule has 0 radical (unpaired) electrons. The lowest BCUT2D eigenvalue weighted by Gasteiger charge is -2.36. The zero-order valence-electron chi connectivity index (χ0n) is 11.6. The van der Waals surface area contributed by atoms with Gasteiger partial charge in [-0.25, -0.2) is 4.98 Å². The Balaban J connectivity index is 2.90. The van der Waals surface area contributed by atoms with Gasteiger partial charge in [-0.2, -0.15) is 0 Å². The Morgan fingerprint density at radius 2 is 1.94 bits per heavy atom. The van der Waals surface area contributed by atoms with E-state index in [0.717, 1.165) is 5.82 Å². The third-order valence-electron chi connectivity index (χ3n) is 3.35. The fourth-order valence-corrected chi connectivity index (χ4v) is 1.58. The summed E-state index contributed by atoms with van der Waals surface area (Å²) in [5, 5.41) is 0.